The van der Waals surface area contributed by atoms with Crippen molar-refractivity contribution in [3.05, 3.63) is 0 Å². The normalized spacial score (nSPS) is 46.8. The van der Waals surface area contributed by atoms with Crippen molar-refractivity contribution in [1.29, 1.82) is 0 Å². The van der Waals surface area contributed by atoms with Gasteiger partial charge in [-0.05, 0) is 25.8 Å². The van der Waals surface area contributed by atoms with E-state index in [0.29, 0.717) is 6.10 Å². The highest BCUT2D eigenvalue weighted by atomic mass is 16.5. The first kappa shape index (κ1) is 6.62. The Balaban J connectivity index is 2.06. The average Bonchev–Trinajstić information content (AvgIpc) is 2.44. The molecule has 2 rings (SSSR count). The molecule has 10 heavy (non-hydrogen) atoms. The number of hydrogen-bond donors (Lipinski definition) is 0. The van der Waals surface area contributed by atoms with E-state index < -0.39 is 0 Å². The van der Waals surface area contributed by atoms with Crippen molar-refractivity contribution in [2.75, 3.05) is 20.7 Å². The number of likely N-dealkylation sites (N-methyl/N-ethyl adjacent to an activating group) is 1. The standard InChI is InChI=1S/C8H15NO/c1-9-5-6-3-7(9)8(4-6)10-2/h6-8H,3-5H2,1-2H3/t6-,7+,8+/m1/s1. The second-order valence-electron chi connectivity index (χ2n) is 3.62. The molecule has 0 aromatic heterocycles. The fraction of sp³-hybridized carbons (Fsp3) is 1.00. The van der Waals surface area contributed by atoms with Gasteiger partial charge in [-0.25, -0.2) is 0 Å². The lowest BCUT2D eigenvalue weighted by Crippen LogP contribution is -2.39. The molecule has 2 aliphatic rings. The second kappa shape index (κ2) is 2.21. The van der Waals surface area contributed by atoms with Crippen LogP contribution in [0.3, 0.4) is 0 Å². The van der Waals surface area contributed by atoms with E-state index in [2.05, 4.69) is 11.9 Å². The van der Waals surface area contributed by atoms with Crippen molar-refractivity contribution >= 4 is 0 Å². The van der Waals surface area contributed by atoms with Crippen molar-refractivity contribution < 1.29 is 4.74 Å². The highest BCUT2D eigenvalue weighted by molar-refractivity contribution is 4.97. The van der Waals surface area contributed by atoms with Crippen molar-refractivity contribution in [3.63, 3.8) is 0 Å². The third-order valence-corrected chi connectivity index (χ3v) is 2.98. The zero-order valence-electron chi connectivity index (χ0n) is 6.71. The lowest BCUT2D eigenvalue weighted by molar-refractivity contribution is 0.0297. The first-order valence-corrected chi connectivity index (χ1v) is 4.04. The van der Waals surface area contributed by atoms with Gasteiger partial charge in [-0.2, -0.15) is 0 Å². The molecule has 58 valence electrons. The summed E-state index contributed by atoms with van der Waals surface area (Å²) >= 11 is 0. The molecule has 2 fully saturated rings. The van der Waals surface area contributed by atoms with Crippen LogP contribution in [0, 0.1) is 5.92 Å². The zero-order chi connectivity index (χ0) is 7.14. The van der Waals surface area contributed by atoms with Crippen LogP contribution in [0.25, 0.3) is 0 Å². The van der Waals surface area contributed by atoms with Crippen molar-refractivity contribution in [2.45, 2.75) is 25.0 Å². The predicted molar refractivity (Wildman–Crippen MR) is 39.9 cm³/mol. The maximum absolute atomic E-state index is 5.37. The van der Waals surface area contributed by atoms with Gasteiger partial charge >= 0.3 is 0 Å². The molecule has 1 saturated heterocycles. The van der Waals surface area contributed by atoms with Crippen LogP contribution in [-0.4, -0.2) is 37.7 Å². The van der Waals surface area contributed by atoms with Crippen LogP contribution in [0.4, 0.5) is 0 Å². The van der Waals surface area contributed by atoms with Gasteiger partial charge in [0, 0.05) is 19.7 Å². The van der Waals surface area contributed by atoms with E-state index in [4.69, 9.17) is 4.74 Å². The number of ether oxygens (including phenoxy) is 1. The maximum atomic E-state index is 5.37. The molecule has 0 N–H and O–H groups in total. The summed E-state index contributed by atoms with van der Waals surface area (Å²) in [5, 5.41) is 0. The first-order chi connectivity index (χ1) is 4.81. The summed E-state index contributed by atoms with van der Waals surface area (Å²) in [6.07, 6.45) is 3.20. The number of likely N-dealkylation sites (tertiary alicyclic amines) is 1. The van der Waals surface area contributed by atoms with Crippen LogP contribution in [0.1, 0.15) is 12.8 Å². The highest BCUT2D eigenvalue weighted by Crippen LogP contribution is 2.37. The van der Waals surface area contributed by atoms with Gasteiger partial charge in [-0.15, -0.1) is 0 Å². The van der Waals surface area contributed by atoms with Crippen LogP contribution < -0.4 is 0 Å². The van der Waals surface area contributed by atoms with Crippen LogP contribution >= 0.6 is 0 Å². The summed E-state index contributed by atoms with van der Waals surface area (Å²) in [7, 11) is 4.04. The third kappa shape index (κ3) is 0.789. The molecule has 2 bridgehead atoms. The Bertz CT molecular complexity index is 135. The van der Waals surface area contributed by atoms with Crippen molar-refractivity contribution in [2.24, 2.45) is 5.92 Å². The topological polar surface area (TPSA) is 12.5 Å². The van der Waals surface area contributed by atoms with E-state index in [9.17, 15) is 0 Å². The van der Waals surface area contributed by atoms with Gasteiger partial charge in [-0.1, -0.05) is 0 Å². The number of rotatable bonds is 1. The molecule has 1 heterocycles. The molecule has 1 aliphatic heterocycles. The minimum atomic E-state index is 0.531. The Morgan fingerprint density at radius 3 is 2.60 bits per heavy atom. The van der Waals surface area contributed by atoms with E-state index in [1.807, 2.05) is 7.11 Å². The summed E-state index contributed by atoms with van der Waals surface area (Å²) in [6.45, 7) is 1.30. The zero-order valence-corrected chi connectivity index (χ0v) is 6.71. The summed E-state index contributed by atoms with van der Waals surface area (Å²) in [4.78, 5) is 2.43. The molecule has 2 heteroatoms. The van der Waals surface area contributed by atoms with Gasteiger partial charge < -0.3 is 9.64 Å². The molecule has 0 radical (unpaired) electrons. The van der Waals surface area contributed by atoms with Gasteiger partial charge in [0.25, 0.3) is 0 Å². The van der Waals surface area contributed by atoms with Gasteiger partial charge in [-0.3, -0.25) is 0 Å². The lowest BCUT2D eigenvalue weighted by atomic mass is 10.1. The molecule has 1 saturated carbocycles. The number of piperidine rings is 1. The van der Waals surface area contributed by atoms with Gasteiger partial charge in [0.15, 0.2) is 0 Å². The molecule has 0 aromatic carbocycles. The maximum Gasteiger partial charge on any atom is 0.0729 e. The van der Waals surface area contributed by atoms with E-state index in [-0.39, 0.29) is 0 Å². The summed E-state index contributed by atoms with van der Waals surface area (Å²) in [5.41, 5.74) is 0. The average molecular weight is 141 g/mol. The van der Waals surface area contributed by atoms with Crippen molar-refractivity contribution in [1.82, 2.24) is 4.90 Å². The fourth-order valence-electron chi connectivity index (χ4n) is 2.48. The van der Waals surface area contributed by atoms with Gasteiger partial charge in [0.1, 0.15) is 0 Å². The second-order valence-corrected chi connectivity index (χ2v) is 3.62. The quantitative estimate of drug-likeness (QED) is 0.533. The first-order valence-electron chi connectivity index (χ1n) is 4.04. The van der Waals surface area contributed by atoms with Crippen LogP contribution in [0.15, 0.2) is 0 Å². The fourth-order valence-corrected chi connectivity index (χ4v) is 2.48. The van der Waals surface area contributed by atoms with Gasteiger partial charge in [0.05, 0.1) is 6.10 Å². The van der Waals surface area contributed by atoms with E-state index in [0.717, 1.165) is 12.0 Å². The Kier molecular flexibility index (Phi) is 1.46. The Labute approximate surface area is 62.2 Å². The van der Waals surface area contributed by atoms with Gasteiger partial charge in [0.2, 0.25) is 0 Å². The smallest absolute Gasteiger partial charge is 0.0729 e. The van der Waals surface area contributed by atoms with Crippen molar-refractivity contribution in [3.8, 4) is 0 Å². The number of methoxy groups -OCH3 is 1. The number of hydrogen-bond acceptors (Lipinski definition) is 2. The molecule has 0 unspecified atom stereocenters. The van der Waals surface area contributed by atoms with E-state index in [1.54, 1.807) is 0 Å². The molecular formula is C8H15NO. The van der Waals surface area contributed by atoms with Crippen LogP contribution in [0.5, 0.6) is 0 Å². The monoisotopic (exact) mass is 141 g/mol. The number of fused-ring (bicyclic) bond motifs is 2. The van der Waals surface area contributed by atoms with Crippen LogP contribution in [0.2, 0.25) is 0 Å². The summed E-state index contributed by atoms with van der Waals surface area (Å²) in [5.74, 6) is 0.931. The Hall–Kier alpha value is -0.0800. The predicted octanol–water partition coefficient (Wildman–Crippen LogP) is 0.725. The lowest BCUT2D eigenvalue weighted by Gasteiger charge is -2.28. The minimum absolute atomic E-state index is 0.531. The third-order valence-electron chi connectivity index (χ3n) is 2.98. The molecule has 0 amide bonds. The summed E-state index contributed by atoms with van der Waals surface area (Å²) < 4.78 is 5.37. The minimum Gasteiger partial charge on any atom is -0.380 e. The molecule has 1 aliphatic carbocycles. The molecule has 0 aromatic rings. The van der Waals surface area contributed by atoms with Crippen LogP contribution in [-0.2, 0) is 4.74 Å². The largest absolute Gasteiger partial charge is 0.380 e. The SMILES string of the molecule is CO[C@H]1C[C@H]2C[C@@H]1N(C)C2. The Morgan fingerprint density at radius 1 is 1.40 bits per heavy atom. The molecule has 2 nitrogen and oxygen atoms in total. The number of nitrogens with zero attached hydrogens (tertiary/aromatic N) is 1. The Morgan fingerprint density at radius 2 is 2.20 bits per heavy atom. The van der Waals surface area contributed by atoms with E-state index in [1.165, 1.54) is 19.4 Å². The van der Waals surface area contributed by atoms with E-state index >= 15 is 0 Å². The molecular weight excluding hydrogens is 126 g/mol. The summed E-state index contributed by atoms with van der Waals surface area (Å²) in [6, 6.07) is 0.731. The molecule has 3 atom stereocenters. The molecule has 0 spiro atoms. The highest BCUT2D eigenvalue weighted by Gasteiger charge is 2.43.